The number of benzene rings is 2. The molecule has 0 fully saturated rings. The lowest BCUT2D eigenvalue weighted by Gasteiger charge is -2.12. The van der Waals surface area contributed by atoms with Crippen molar-refractivity contribution >= 4 is 5.91 Å². The zero-order chi connectivity index (χ0) is 18.9. The molecule has 0 aromatic heterocycles. The normalized spacial score (nSPS) is 10.1. The second-order valence-electron chi connectivity index (χ2n) is 6.18. The smallest absolute Gasteiger partial charge is 0.257 e. The largest absolute Gasteiger partial charge is 0.493 e. The summed E-state index contributed by atoms with van der Waals surface area (Å²) in [4.78, 5) is 11.8. The van der Waals surface area contributed by atoms with E-state index in [9.17, 15) is 4.79 Å². The minimum Gasteiger partial charge on any atom is -0.493 e. The van der Waals surface area contributed by atoms with Gasteiger partial charge in [0.1, 0.15) is 11.5 Å². The van der Waals surface area contributed by atoms with Gasteiger partial charge in [0, 0.05) is 6.54 Å². The Morgan fingerprint density at radius 1 is 1.12 bits per heavy atom. The fourth-order valence-electron chi connectivity index (χ4n) is 2.46. The van der Waals surface area contributed by atoms with E-state index in [4.69, 9.17) is 14.7 Å². The lowest BCUT2D eigenvalue weighted by atomic mass is 10.1. The fraction of sp³-hybridized carbons (Fsp3) is 0.333. The highest BCUT2D eigenvalue weighted by atomic mass is 16.5. The first-order chi connectivity index (χ1) is 12.5. The van der Waals surface area contributed by atoms with Crippen molar-refractivity contribution in [2.75, 3.05) is 19.8 Å². The minimum absolute atomic E-state index is 0.0526. The van der Waals surface area contributed by atoms with E-state index < -0.39 is 0 Å². The molecular formula is C21H24N2O3. The first-order valence-electron chi connectivity index (χ1n) is 8.60. The van der Waals surface area contributed by atoms with Crippen molar-refractivity contribution < 1.29 is 14.3 Å². The Morgan fingerprint density at radius 3 is 2.54 bits per heavy atom. The number of ether oxygens (including phenoxy) is 2. The highest BCUT2D eigenvalue weighted by Crippen LogP contribution is 2.23. The summed E-state index contributed by atoms with van der Waals surface area (Å²) in [5.74, 6) is 1.28. The third-order valence-electron chi connectivity index (χ3n) is 4.02. The van der Waals surface area contributed by atoms with Crippen molar-refractivity contribution in [3.8, 4) is 17.6 Å². The fourth-order valence-corrected chi connectivity index (χ4v) is 2.46. The molecule has 2 rings (SSSR count). The maximum atomic E-state index is 11.8. The number of aryl methyl sites for hydroxylation is 2. The van der Waals surface area contributed by atoms with Crippen LogP contribution in [0.5, 0.6) is 11.5 Å². The molecule has 0 saturated heterocycles. The maximum absolute atomic E-state index is 11.8. The van der Waals surface area contributed by atoms with Gasteiger partial charge in [0.05, 0.1) is 18.2 Å². The van der Waals surface area contributed by atoms with Gasteiger partial charge in [-0.2, -0.15) is 5.26 Å². The Bertz CT molecular complexity index is 792. The van der Waals surface area contributed by atoms with Gasteiger partial charge in [-0.3, -0.25) is 4.79 Å². The lowest BCUT2D eigenvalue weighted by molar-refractivity contribution is -0.123. The van der Waals surface area contributed by atoms with Crippen molar-refractivity contribution in [3.05, 3.63) is 58.7 Å². The van der Waals surface area contributed by atoms with Crippen LogP contribution in [0.2, 0.25) is 0 Å². The van der Waals surface area contributed by atoms with E-state index in [-0.39, 0.29) is 12.5 Å². The number of nitriles is 1. The molecule has 0 aliphatic carbocycles. The van der Waals surface area contributed by atoms with Crippen LogP contribution in [0.3, 0.4) is 0 Å². The van der Waals surface area contributed by atoms with E-state index in [0.717, 1.165) is 17.7 Å². The molecule has 0 atom stereocenters. The van der Waals surface area contributed by atoms with Gasteiger partial charge in [-0.15, -0.1) is 0 Å². The quantitative estimate of drug-likeness (QED) is 0.739. The third kappa shape index (κ3) is 5.82. The van der Waals surface area contributed by atoms with Gasteiger partial charge >= 0.3 is 0 Å². The first-order valence-corrected chi connectivity index (χ1v) is 8.60. The van der Waals surface area contributed by atoms with E-state index >= 15 is 0 Å². The van der Waals surface area contributed by atoms with E-state index in [1.807, 2.05) is 26.0 Å². The topological polar surface area (TPSA) is 71.3 Å². The molecule has 0 radical (unpaired) electrons. The van der Waals surface area contributed by atoms with E-state index in [2.05, 4.69) is 18.3 Å². The van der Waals surface area contributed by atoms with Crippen LogP contribution >= 0.6 is 0 Å². The van der Waals surface area contributed by atoms with Crippen molar-refractivity contribution in [2.24, 2.45) is 0 Å². The zero-order valence-electron chi connectivity index (χ0n) is 15.5. The van der Waals surface area contributed by atoms with Crippen LogP contribution in [-0.2, 0) is 4.79 Å². The van der Waals surface area contributed by atoms with Crippen molar-refractivity contribution in [2.45, 2.75) is 27.2 Å². The molecule has 1 amide bonds. The van der Waals surface area contributed by atoms with E-state index in [1.54, 1.807) is 24.3 Å². The van der Waals surface area contributed by atoms with Crippen molar-refractivity contribution in [1.29, 1.82) is 5.26 Å². The zero-order valence-corrected chi connectivity index (χ0v) is 15.5. The summed E-state index contributed by atoms with van der Waals surface area (Å²) < 4.78 is 11.2. The Hall–Kier alpha value is -3.00. The van der Waals surface area contributed by atoms with Crippen LogP contribution in [0, 0.1) is 32.1 Å². The summed E-state index contributed by atoms with van der Waals surface area (Å²) in [5.41, 5.74) is 4.10. The Kier molecular flexibility index (Phi) is 7.04. The molecule has 26 heavy (non-hydrogen) atoms. The number of carbonyl (C=O) groups is 1. The molecule has 0 saturated carbocycles. The average molecular weight is 352 g/mol. The summed E-state index contributed by atoms with van der Waals surface area (Å²) in [6.45, 7) is 7.19. The number of rotatable bonds is 8. The number of amides is 1. The van der Waals surface area contributed by atoms with Crippen LogP contribution in [0.25, 0.3) is 0 Å². The van der Waals surface area contributed by atoms with Crippen molar-refractivity contribution in [1.82, 2.24) is 5.32 Å². The average Bonchev–Trinajstić information content (AvgIpc) is 2.63. The SMILES string of the molecule is Cc1cc(C)c(C)c(OCCCNC(=O)COc2ccc(C#N)cc2)c1. The molecule has 2 aromatic rings. The summed E-state index contributed by atoms with van der Waals surface area (Å²) in [6, 6.07) is 12.9. The molecule has 0 unspecified atom stereocenters. The number of carbonyl (C=O) groups excluding carboxylic acids is 1. The number of nitrogens with one attached hydrogen (secondary N) is 1. The van der Waals surface area contributed by atoms with Crippen LogP contribution < -0.4 is 14.8 Å². The van der Waals surface area contributed by atoms with Crippen LogP contribution in [-0.4, -0.2) is 25.7 Å². The van der Waals surface area contributed by atoms with Gasteiger partial charge in [0.2, 0.25) is 0 Å². The van der Waals surface area contributed by atoms with Crippen LogP contribution in [0.15, 0.2) is 36.4 Å². The maximum Gasteiger partial charge on any atom is 0.257 e. The summed E-state index contributed by atoms with van der Waals surface area (Å²) in [7, 11) is 0. The summed E-state index contributed by atoms with van der Waals surface area (Å²) in [6.07, 6.45) is 0.717. The second-order valence-corrected chi connectivity index (χ2v) is 6.18. The van der Waals surface area contributed by atoms with E-state index in [1.165, 1.54) is 11.1 Å². The number of hydrogen-bond acceptors (Lipinski definition) is 4. The van der Waals surface area contributed by atoms with Gasteiger partial charge < -0.3 is 14.8 Å². The number of hydrogen-bond donors (Lipinski definition) is 1. The van der Waals surface area contributed by atoms with Gasteiger partial charge in [0.25, 0.3) is 5.91 Å². The van der Waals surface area contributed by atoms with Gasteiger partial charge in [-0.25, -0.2) is 0 Å². The molecule has 0 aliphatic heterocycles. The highest BCUT2D eigenvalue weighted by Gasteiger charge is 2.05. The van der Waals surface area contributed by atoms with Crippen LogP contribution in [0.4, 0.5) is 0 Å². The third-order valence-corrected chi connectivity index (χ3v) is 4.02. The molecule has 2 aromatic carbocycles. The van der Waals surface area contributed by atoms with Gasteiger partial charge in [0.15, 0.2) is 6.61 Å². The predicted molar refractivity (Wildman–Crippen MR) is 100 cm³/mol. The Morgan fingerprint density at radius 2 is 1.85 bits per heavy atom. The predicted octanol–water partition coefficient (Wildman–Crippen LogP) is 3.45. The molecule has 0 bridgehead atoms. The summed E-state index contributed by atoms with van der Waals surface area (Å²) >= 11 is 0. The highest BCUT2D eigenvalue weighted by molar-refractivity contribution is 5.77. The van der Waals surface area contributed by atoms with Crippen molar-refractivity contribution in [3.63, 3.8) is 0 Å². The number of nitrogens with zero attached hydrogens (tertiary/aromatic N) is 1. The molecule has 5 heteroatoms. The molecule has 0 heterocycles. The van der Waals surface area contributed by atoms with Gasteiger partial charge in [-0.05, 0) is 74.2 Å². The summed E-state index contributed by atoms with van der Waals surface area (Å²) in [5, 5.41) is 11.5. The molecule has 0 spiro atoms. The molecule has 136 valence electrons. The van der Waals surface area contributed by atoms with Crippen LogP contribution in [0.1, 0.15) is 28.7 Å². The van der Waals surface area contributed by atoms with E-state index in [0.29, 0.717) is 24.5 Å². The molecule has 0 aliphatic rings. The molecular weight excluding hydrogens is 328 g/mol. The first kappa shape index (κ1) is 19.3. The Labute approximate surface area is 154 Å². The standard InChI is InChI=1S/C21H24N2O3/c1-15-11-16(2)17(3)20(12-15)25-10-4-9-23-21(24)14-26-19-7-5-18(13-22)6-8-19/h5-8,11-12H,4,9-10,14H2,1-3H3,(H,23,24). The lowest BCUT2D eigenvalue weighted by Crippen LogP contribution is -2.30. The van der Waals surface area contributed by atoms with Gasteiger partial charge in [-0.1, -0.05) is 6.07 Å². The monoisotopic (exact) mass is 352 g/mol. The minimum atomic E-state index is -0.183. The second kappa shape index (κ2) is 9.47. The Balaban J connectivity index is 1.65. The molecule has 1 N–H and O–H groups in total. The molecule has 5 nitrogen and oxygen atoms in total.